The molecule has 0 spiro atoms. The van der Waals surface area contributed by atoms with E-state index in [1.807, 2.05) is 30.3 Å². The Morgan fingerprint density at radius 1 is 1.28 bits per heavy atom. The molecule has 1 fully saturated rings. The number of carbonyl (C=O) groups excluding carboxylic acids is 2. The van der Waals surface area contributed by atoms with Gasteiger partial charge in [-0.15, -0.1) is 0 Å². The van der Waals surface area contributed by atoms with Crippen LogP contribution in [-0.4, -0.2) is 29.5 Å². The molecular formula is C20H16ClF3N2O3. The van der Waals surface area contributed by atoms with Crippen molar-refractivity contribution in [1.29, 1.82) is 0 Å². The first-order valence-corrected chi connectivity index (χ1v) is 8.93. The van der Waals surface area contributed by atoms with Crippen LogP contribution in [0.15, 0.2) is 48.5 Å². The molecule has 1 unspecified atom stereocenters. The highest BCUT2D eigenvalue weighted by atomic mass is 35.5. The summed E-state index contributed by atoms with van der Waals surface area (Å²) in [4.78, 5) is 25.4. The molecule has 0 saturated carbocycles. The fourth-order valence-corrected chi connectivity index (χ4v) is 3.21. The number of amides is 2. The molecule has 5 nitrogen and oxygen atoms in total. The van der Waals surface area contributed by atoms with Gasteiger partial charge in [0.2, 0.25) is 0 Å². The lowest BCUT2D eigenvalue weighted by Gasteiger charge is -2.18. The van der Waals surface area contributed by atoms with Crippen molar-refractivity contribution >= 4 is 35.4 Å². The number of anilines is 1. The number of rotatable bonds is 4. The van der Waals surface area contributed by atoms with Gasteiger partial charge in [0.25, 0.3) is 5.91 Å². The van der Waals surface area contributed by atoms with Gasteiger partial charge in [-0.3, -0.25) is 4.79 Å². The highest BCUT2D eigenvalue weighted by molar-refractivity contribution is 6.33. The number of nitrogens with zero attached hydrogens (tertiary/aromatic N) is 1. The van der Waals surface area contributed by atoms with E-state index in [9.17, 15) is 22.8 Å². The van der Waals surface area contributed by atoms with Crippen LogP contribution in [0.2, 0.25) is 5.02 Å². The first-order valence-electron chi connectivity index (χ1n) is 8.55. The number of benzene rings is 2. The summed E-state index contributed by atoms with van der Waals surface area (Å²) in [7, 11) is 0. The van der Waals surface area contributed by atoms with Crippen LogP contribution in [0.5, 0.6) is 0 Å². The monoisotopic (exact) mass is 424 g/mol. The molecule has 0 radical (unpaired) electrons. The van der Waals surface area contributed by atoms with Gasteiger partial charge in [0.05, 0.1) is 22.3 Å². The third-order valence-electron chi connectivity index (χ3n) is 4.39. The van der Waals surface area contributed by atoms with Gasteiger partial charge in [-0.1, -0.05) is 41.9 Å². The minimum Gasteiger partial charge on any atom is -0.447 e. The van der Waals surface area contributed by atoms with Gasteiger partial charge < -0.3 is 10.5 Å². The number of hydrogen-bond donors (Lipinski definition) is 1. The van der Waals surface area contributed by atoms with E-state index in [0.717, 1.165) is 28.7 Å². The first kappa shape index (κ1) is 20.7. The van der Waals surface area contributed by atoms with Crippen molar-refractivity contribution in [1.82, 2.24) is 4.90 Å². The molecule has 1 aliphatic rings. The van der Waals surface area contributed by atoms with Crippen LogP contribution in [0, 0.1) is 0 Å². The third kappa shape index (κ3) is 4.71. The number of carbonyl (C=O) groups is 2. The number of nitrogens with two attached hydrogens (primary N) is 1. The average molecular weight is 425 g/mol. The number of nitrogen functional groups attached to an aromatic ring is 1. The minimum atomic E-state index is -4.69. The predicted molar refractivity (Wildman–Crippen MR) is 102 cm³/mol. The van der Waals surface area contributed by atoms with E-state index in [1.165, 1.54) is 6.07 Å². The lowest BCUT2D eigenvalue weighted by atomic mass is 10.1. The third-order valence-corrected chi connectivity index (χ3v) is 4.70. The Labute approximate surface area is 169 Å². The minimum absolute atomic E-state index is 0.0250. The fraction of sp³-hybridized carbons (Fsp3) is 0.200. The Morgan fingerprint density at radius 3 is 2.62 bits per heavy atom. The largest absolute Gasteiger partial charge is 0.447 e. The van der Waals surface area contributed by atoms with Crippen LogP contribution in [0.1, 0.15) is 16.7 Å². The van der Waals surface area contributed by atoms with Gasteiger partial charge in [-0.05, 0) is 35.8 Å². The summed E-state index contributed by atoms with van der Waals surface area (Å²) in [6.45, 7) is 0.0409. The molecule has 29 heavy (non-hydrogen) atoms. The summed E-state index contributed by atoms with van der Waals surface area (Å²) in [5.74, 6) is -0.699. The van der Waals surface area contributed by atoms with E-state index < -0.39 is 35.5 Å². The van der Waals surface area contributed by atoms with Gasteiger partial charge >= 0.3 is 12.3 Å². The van der Waals surface area contributed by atoms with Gasteiger partial charge in [0, 0.05) is 6.08 Å². The molecular weight excluding hydrogens is 409 g/mol. The van der Waals surface area contributed by atoms with Gasteiger partial charge in [-0.2, -0.15) is 13.2 Å². The Hall–Kier alpha value is -3.00. The summed E-state index contributed by atoms with van der Waals surface area (Å²) < 4.78 is 44.2. The second kappa shape index (κ2) is 8.16. The number of ether oxygens (including phenoxy) is 1. The zero-order valence-electron chi connectivity index (χ0n) is 14.9. The number of halogens is 4. The van der Waals surface area contributed by atoms with Crippen LogP contribution in [0.25, 0.3) is 6.08 Å². The summed E-state index contributed by atoms with van der Waals surface area (Å²) in [6, 6.07) is 10.7. The van der Waals surface area contributed by atoms with Crippen LogP contribution in [-0.2, 0) is 22.1 Å². The molecule has 0 aromatic heterocycles. The zero-order valence-corrected chi connectivity index (χ0v) is 15.7. The molecule has 9 heteroatoms. The second-order valence-corrected chi connectivity index (χ2v) is 6.83. The van der Waals surface area contributed by atoms with Crippen LogP contribution < -0.4 is 5.73 Å². The van der Waals surface area contributed by atoms with E-state index in [-0.39, 0.29) is 17.2 Å². The number of alkyl halides is 3. The van der Waals surface area contributed by atoms with E-state index in [0.29, 0.717) is 6.42 Å². The lowest BCUT2D eigenvalue weighted by Crippen LogP contribution is -2.39. The molecule has 2 amide bonds. The molecule has 1 saturated heterocycles. The Bertz CT molecular complexity index is 961. The Balaban J connectivity index is 1.80. The lowest BCUT2D eigenvalue weighted by molar-refractivity contribution is -0.137. The van der Waals surface area contributed by atoms with Crippen molar-refractivity contribution in [3.8, 4) is 0 Å². The molecule has 152 valence electrons. The molecule has 0 bridgehead atoms. The maximum absolute atomic E-state index is 13.1. The smallest absolute Gasteiger partial charge is 0.418 e. The molecule has 1 aliphatic heterocycles. The second-order valence-electron chi connectivity index (χ2n) is 6.42. The Morgan fingerprint density at radius 2 is 1.97 bits per heavy atom. The topological polar surface area (TPSA) is 72.6 Å². The summed E-state index contributed by atoms with van der Waals surface area (Å²) in [5, 5.41) is -0.283. The van der Waals surface area contributed by atoms with Gasteiger partial charge in [0.15, 0.2) is 0 Å². The maximum atomic E-state index is 13.1. The number of hydrogen-bond acceptors (Lipinski definition) is 4. The molecule has 3 rings (SSSR count). The maximum Gasteiger partial charge on any atom is 0.418 e. The normalized spacial score (nSPS) is 17.0. The van der Waals surface area contributed by atoms with Crippen molar-refractivity contribution in [2.24, 2.45) is 0 Å². The molecule has 1 atom stereocenters. The summed E-state index contributed by atoms with van der Waals surface area (Å²) in [5.41, 5.74) is 4.64. The van der Waals surface area contributed by atoms with Gasteiger partial charge in [0.1, 0.15) is 6.61 Å². The summed E-state index contributed by atoms with van der Waals surface area (Å²) in [6.07, 6.45) is -2.94. The standard InChI is InChI=1S/C20H16ClF3N2O3/c21-16-10-13(9-15(18(16)25)20(22,23)24)6-7-17(27)26-14(11-29-19(26)28)8-12-4-2-1-3-5-12/h1-7,9-10,14H,8,11,25H2. The van der Waals surface area contributed by atoms with Crippen LogP contribution in [0.4, 0.5) is 23.7 Å². The van der Waals surface area contributed by atoms with Crippen LogP contribution >= 0.6 is 11.6 Å². The number of cyclic esters (lactones) is 1. The van der Waals surface area contributed by atoms with E-state index in [2.05, 4.69) is 0 Å². The fourth-order valence-electron chi connectivity index (χ4n) is 2.98. The highest BCUT2D eigenvalue weighted by Gasteiger charge is 2.37. The molecule has 1 heterocycles. The van der Waals surface area contributed by atoms with Crippen molar-refractivity contribution in [3.05, 3.63) is 70.3 Å². The average Bonchev–Trinajstić information content (AvgIpc) is 3.02. The van der Waals surface area contributed by atoms with Crippen LogP contribution in [0.3, 0.4) is 0 Å². The molecule has 2 N–H and O–H groups in total. The van der Waals surface area contributed by atoms with E-state index in [4.69, 9.17) is 22.1 Å². The van der Waals surface area contributed by atoms with E-state index in [1.54, 1.807) is 0 Å². The Kier molecular flexibility index (Phi) is 5.83. The predicted octanol–water partition coefficient (Wildman–Crippen LogP) is 4.54. The quantitative estimate of drug-likeness (QED) is 0.577. The highest BCUT2D eigenvalue weighted by Crippen LogP contribution is 2.38. The number of imide groups is 1. The van der Waals surface area contributed by atoms with Gasteiger partial charge in [-0.25, -0.2) is 9.69 Å². The molecule has 2 aromatic rings. The van der Waals surface area contributed by atoms with Crippen molar-refractivity contribution in [3.63, 3.8) is 0 Å². The zero-order chi connectivity index (χ0) is 21.2. The van der Waals surface area contributed by atoms with Crippen molar-refractivity contribution in [2.45, 2.75) is 18.6 Å². The molecule has 2 aromatic carbocycles. The molecule has 0 aliphatic carbocycles. The summed E-state index contributed by atoms with van der Waals surface area (Å²) >= 11 is 5.78. The van der Waals surface area contributed by atoms with Crippen molar-refractivity contribution < 1.29 is 27.5 Å². The first-order chi connectivity index (χ1) is 13.7. The SMILES string of the molecule is Nc1c(Cl)cc(C=CC(=O)N2C(=O)OCC2Cc2ccccc2)cc1C(F)(F)F. The van der Waals surface area contributed by atoms with Crippen molar-refractivity contribution in [2.75, 3.05) is 12.3 Å². The van der Waals surface area contributed by atoms with E-state index >= 15 is 0 Å².